The minimum Gasteiger partial charge on any atom is -0.314 e. The van der Waals surface area contributed by atoms with Crippen LogP contribution in [0.15, 0.2) is 0 Å². The van der Waals surface area contributed by atoms with Crippen LogP contribution in [0.2, 0.25) is 0 Å². The van der Waals surface area contributed by atoms with E-state index in [-0.39, 0.29) is 0 Å². The molecule has 2 atom stereocenters. The lowest BCUT2D eigenvalue weighted by Gasteiger charge is -2.39. The van der Waals surface area contributed by atoms with Crippen LogP contribution in [-0.2, 0) is 0 Å². The molecule has 0 aliphatic rings. The normalized spacial score (nSPS) is 16.9. The number of hydrogen-bond acceptors (Lipinski definition) is 3. The third kappa shape index (κ3) is 8.23. The van der Waals surface area contributed by atoms with Crippen molar-refractivity contribution in [1.82, 2.24) is 15.1 Å². The molecule has 0 aromatic heterocycles. The van der Waals surface area contributed by atoms with Gasteiger partial charge in [0.1, 0.15) is 0 Å². The van der Waals surface area contributed by atoms with E-state index in [1.807, 2.05) is 0 Å². The van der Waals surface area contributed by atoms with Crippen LogP contribution in [0, 0.1) is 5.41 Å². The van der Waals surface area contributed by atoms with Gasteiger partial charge in [-0.05, 0) is 39.4 Å². The molecule has 0 aliphatic carbocycles. The van der Waals surface area contributed by atoms with Gasteiger partial charge in [-0.25, -0.2) is 0 Å². The van der Waals surface area contributed by atoms with Crippen LogP contribution in [-0.4, -0.2) is 62.2 Å². The highest BCUT2D eigenvalue weighted by molar-refractivity contribution is 4.83. The van der Waals surface area contributed by atoms with Crippen LogP contribution in [0.3, 0.4) is 0 Å². The number of nitrogens with one attached hydrogen (secondary N) is 1. The second-order valence-corrected chi connectivity index (χ2v) is 7.27. The summed E-state index contributed by atoms with van der Waals surface area (Å²) in [5.74, 6) is 0. The minimum absolute atomic E-state index is 0.371. The lowest BCUT2D eigenvalue weighted by Crippen LogP contribution is -2.48. The van der Waals surface area contributed by atoms with Gasteiger partial charge in [-0.15, -0.1) is 0 Å². The first kappa shape index (κ1) is 19.9. The first-order chi connectivity index (χ1) is 9.24. The van der Waals surface area contributed by atoms with Crippen LogP contribution in [0.5, 0.6) is 0 Å². The Hall–Kier alpha value is -0.120. The topological polar surface area (TPSA) is 18.5 Å². The number of hydrogen-bond donors (Lipinski definition) is 1. The molecule has 122 valence electrons. The van der Waals surface area contributed by atoms with Gasteiger partial charge >= 0.3 is 0 Å². The van der Waals surface area contributed by atoms with E-state index in [2.05, 4.69) is 70.8 Å². The predicted octanol–water partition coefficient (Wildman–Crippen LogP) is 3.06. The molecular formula is C17H39N3. The fraction of sp³-hybridized carbons (Fsp3) is 1.00. The van der Waals surface area contributed by atoms with Gasteiger partial charge in [0.2, 0.25) is 0 Å². The molecule has 0 radical (unpaired) electrons. The lowest BCUT2D eigenvalue weighted by molar-refractivity contribution is 0.105. The molecule has 0 fully saturated rings. The molecule has 0 saturated heterocycles. The fourth-order valence-electron chi connectivity index (χ4n) is 2.99. The van der Waals surface area contributed by atoms with E-state index in [1.165, 1.54) is 19.4 Å². The summed E-state index contributed by atoms with van der Waals surface area (Å²) in [6.07, 6.45) is 2.55. The van der Waals surface area contributed by atoms with Crippen molar-refractivity contribution in [1.29, 1.82) is 0 Å². The van der Waals surface area contributed by atoms with Gasteiger partial charge in [-0.1, -0.05) is 41.0 Å². The second-order valence-electron chi connectivity index (χ2n) is 7.27. The smallest absolute Gasteiger partial charge is 0.0194 e. The van der Waals surface area contributed by atoms with Crippen LogP contribution < -0.4 is 5.32 Å². The summed E-state index contributed by atoms with van der Waals surface area (Å²) in [5.41, 5.74) is 0.371. The molecule has 2 unspecified atom stereocenters. The average Bonchev–Trinajstić information content (AvgIpc) is 2.33. The molecule has 20 heavy (non-hydrogen) atoms. The molecule has 1 N–H and O–H groups in total. The van der Waals surface area contributed by atoms with Crippen LogP contribution in [0.1, 0.15) is 54.4 Å². The maximum atomic E-state index is 3.64. The Morgan fingerprint density at radius 3 is 2.10 bits per heavy atom. The molecule has 0 heterocycles. The van der Waals surface area contributed by atoms with Crippen molar-refractivity contribution < 1.29 is 0 Å². The van der Waals surface area contributed by atoms with E-state index in [4.69, 9.17) is 0 Å². The molecule has 0 aromatic rings. The first-order valence-electron chi connectivity index (χ1n) is 8.36. The van der Waals surface area contributed by atoms with E-state index in [0.717, 1.165) is 19.6 Å². The van der Waals surface area contributed by atoms with Crippen molar-refractivity contribution in [3.63, 3.8) is 0 Å². The van der Waals surface area contributed by atoms with Gasteiger partial charge in [0.25, 0.3) is 0 Å². The second kappa shape index (κ2) is 9.75. The molecule has 0 saturated carbocycles. The number of rotatable bonds is 11. The quantitative estimate of drug-likeness (QED) is 0.629. The van der Waals surface area contributed by atoms with Gasteiger partial charge < -0.3 is 10.2 Å². The van der Waals surface area contributed by atoms with Crippen molar-refractivity contribution in [3.05, 3.63) is 0 Å². The lowest BCUT2D eigenvalue weighted by atomic mass is 9.84. The Morgan fingerprint density at radius 2 is 1.70 bits per heavy atom. The van der Waals surface area contributed by atoms with Gasteiger partial charge in [-0.2, -0.15) is 0 Å². The molecule has 0 aromatic carbocycles. The van der Waals surface area contributed by atoms with Crippen molar-refractivity contribution >= 4 is 0 Å². The van der Waals surface area contributed by atoms with E-state index in [9.17, 15) is 0 Å². The first-order valence-corrected chi connectivity index (χ1v) is 8.36. The zero-order valence-corrected chi connectivity index (χ0v) is 15.3. The number of nitrogens with zero attached hydrogens (tertiary/aromatic N) is 2. The predicted molar refractivity (Wildman–Crippen MR) is 91.4 cm³/mol. The van der Waals surface area contributed by atoms with Crippen LogP contribution >= 0.6 is 0 Å². The summed E-state index contributed by atoms with van der Waals surface area (Å²) in [5, 5.41) is 3.64. The molecule has 0 rings (SSSR count). The van der Waals surface area contributed by atoms with Crippen molar-refractivity contribution in [3.8, 4) is 0 Å². The Morgan fingerprint density at radius 1 is 1.10 bits per heavy atom. The minimum atomic E-state index is 0.371. The molecular weight excluding hydrogens is 246 g/mol. The average molecular weight is 286 g/mol. The van der Waals surface area contributed by atoms with Crippen LogP contribution in [0.4, 0.5) is 0 Å². The molecule has 3 heteroatoms. The maximum Gasteiger partial charge on any atom is 0.0194 e. The van der Waals surface area contributed by atoms with E-state index in [1.54, 1.807) is 0 Å². The van der Waals surface area contributed by atoms with Crippen molar-refractivity contribution in [2.45, 2.75) is 66.5 Å². The van der Waals surface area contributed by atoms with Gasteiger partial charge in [-0.3, -0.25) is 4.90 Å². The van der Waals surface area contributed by atoms with Crippen molar-refractivity contribution in [2.75, 3.05) is 40.3 Å². The Bertz CT molecular complexity index is 240. The highest BCUT2D eigenvalue weighted by Gasteiger charge is 2.28. The summed E-state index contributed by atoms with van der Waals surface area (Å²) >= 11 is 0. The SMILES string of the molecule is CCCC(C)(CNC(C)C)CN(CC)C(C)CN(C)C. The van der Waals surface area contributed by atoms with Gasteiger partial charge in [0.05, 0.1) is 0 Å². The monoisotopic (exact) mass is 285 g/mol. The molecule has 0 bridgehead atoms. The van der Waals surface area contributed by atoms with Gasteiger partial charge in [0.15, 0.2) is 0 Å². The van der Waals surface area contributed by atoms with E-state index >= 15 is 0 Å². The largest absolute Gasteiger partial charge is 0.314 e. The third-order valence-corrected chi connectivity index (χ3v) is 4.03. The molecule has 0 aliphatic heterocycles. The molecule has 0 spiro atoms. The molecule has 0 amide bonds. The zero-order valence-electron chi connectivity index (χ0n) is 15.3. The molecule has 3 nitrogen and oxygen atoms in total. The number of likely N-dealkylation sites (N-methyl/N-ethyl adjacent to an activating group) is 2. The zero-order chi connectivity index (χ0) is 15.8. The standard InChI is InChI=1S/C17H39N3/c1-9-11-17(6,13-18-15(3)4)14-20(10-2)16(5)12-19(7)8/h15-16,18H,9-14H2,1-8H3. The fourth-order valence-corrected chi connectivity index (χ4v) is 2.99. The third-order valence-electron chi connectivity index (χ3n) is 4.03. The van der Waals surface area contributed by atoms with Crippen LogP contribution in [0.25, 0.3) is 0 Å². The van der Waals surface area contributed by atoms with Gasteiger partial charge in [0, 0.05) is 31.7 Å². The Kier molecular flexibility index (Phi) is 9.69. The van der Waals surface area contributed by atoms with E-state index in [0.29, 0.717) is 17.5 Å². The summed E-state index contributed by atoms with van der Waals surface area (Å²) in [4.78, 5) is 4.93. The summed E-state index contributed by atoms with van der Waals surface area (Å²) in [6.45, 7) is 18.4. The highest BCUT2D eigenvalue weighted by atomic mass is 15.2. The summed E-state index contributed by atoms with van der Waals surface area (Å²) in [6, 6.07) is 1.19. The highest BCUT2D eigenvalue weighted by Crippen LogP contribution is 2.25. The summed E-state index contributed by atoms with van der Waals surface area (Å²) < 4.78 is 0. The summed E-state index contributed by atoms with van der Waals surface area (Å²) in [7, 11) is 4.33. The maximum absolute atomic E-state index is 3.64. The van der Waals surface area contributed by atoms with E-state index < -0.39 is 0 Å². The van der Waals surface area contributed by atoms with Crippen molar-refractivity contribution in [2.24, 2.45) is 5.41 Å². The Balaban J connectivity index is 4.65. The Labute approximate surface area is 128 Å².